The molecule has 0 spiro atoms. The van der Waals surface area contributed by atoms with Crippen molar-refractivity contribution in [3.05, 3.63) is 34.9 Å². The first kappa shape index (κ1) is 15.5. The average Bonchev–Trinajstić information content (AvgIpc) is 2.34. The van der Waals surface area contributed by atoms with Gasteiger partial charge in [0.1, 0.15) is 9.84 Å². The molecule has 0 radical (unpaired) electrons. The first-order chi connectivity index (χ1) is 8.46. The van der Waals surface area contributed by atoms with Crippen LogP contribution in [-0.4, -0.2) is 31.6 Å². The molecular formula is C13H19ClO3S. The van der Waals surface area contributed by atoms with E-state index >= 15 is 0 Å². The molecule has 1 aromatic carbocycles. The summed E-state index contributed by atoms with van der Waals surface area (Å²) in [6.07, 6.45) is 1.13. The van der Waals surface area contributed by atoms with E-state index in [2.05, 4.69) is 0 Å². The Balaban J connectivity index is 2.57. The molecule has 0 amide bonds. The molecule has 0 bridgehead atoms. The van der Waals surface area contributed by atoms with E-state index in [9.17, 15) is 13.5 Å². The van der Waals surface area contributed by atoms with E-state index in [1.54, 1.807) is 13.0 Å². The van der Waals surface area contributed by atoms with Gasteiger partial charge in [0.2, 0.25) is 0 Å². The fourth-order valence-electron chi connectivity index (χ4n) is 1.75. The number of sulfone groups is 1. The third-order valence-electron chi connectivity index (χ3n) is 2.95. The van der Waals surface area contributed by atoms with Gasteiger partial charge in [0.05, 0.1) is 5.75 Å². The Morgan fingerprint density at radius 2 is 2.11 bits per heavy atom. The van der Waals surface area contributed by atoms with Gasteiger partial charge in [-0.25, -0.2) is 8.42 Å². The normalized spacial score (nSPS) is 13.5. The van der Waals surface area contributed by atoms with Crippen molar-refractivity contribution in [2.45, 2.75) is 19.8 Å². The highest BCUT2D eigenvalue weighted by molar-refractivity contribution is 7.91. The predicted molar refractivity (Wildman–Crippen MR) is 74.7 cm³/mol. The molecule has 0 aliphatic rings. The van der Waals surface area contributed by atoms with Gasteiger partial charge in [-0.1, -0.05) is 30.7 Å². The van der Waals surface area contributed by atoms with E-state index in [4.69, 9.17) is 11.6 Å². The second-order valence-corrected chi connectivity index (χ2v) is 7.32. The van der Waals surface area contributed by atoms with Crippen LogP contribution < -0.4 is 0 Å². The molecule has 1 N–H and O–H groups in total. The van der Waals surface area contributed by atoms with E-state index in [-0.39, 0.29) is 24.0 Å². The number of hydrogen-bond acceptors (Lipinski definition) is 3. The highest BCUT2D eigenvalue weighted by Gasteiger charge is 2.14. The lowest BCUT2D eigenvalue weighted by Gasteiger charge is -2.14. The minimum atomic E-state index is -2.96. The molecule has 102 valence electrons. The average molecular weight is 291 g/mol. The second-order valence-electron chi connectivity index (χ2n) is 4.41. The third-order valence-corrected chi connectivity index (χ3v) is 4.92. The van der Waals surface area contributed by atoms with Crippen molar-refractivity contribution in [2.24, 2.45) is 5.92 Å². The topological polar surface area (TPSA) is 54.4 Å². The van der Waals surface area contributed by atoms with Gasteiger partial charge >= 0.3 is 0 Å². The van der Waals surface area contributed by atoms with Gasteiger partial charge in [0, 0.05) is 17.4 Å². The van der Waals surface area contributed by atoms with Crippen LogP contribution in [0.4, 0.5) is 0 Å². The van der Waals surface area contributed by atoms with Gasteiger partial charge in [-0.15, -0.1) is 0 Å². The second kappa shape index (κ2) is 7.12. The van der Waals surface area contributed by atoms with E-state index in [1.807, 2.05) is 18.2 Å². The zero-order valence-electron chi connectivity index (χ0n) is 10.5. The van der Waals surface area contributed by atoms with Crippen molar-refractivity contribution in [1.29, 1.82) is 0 Å². The molecule has 1 atom stereocenters. The molecule has 0 aliphatic carbocycles. The Morgan fingerprint density at radius 1 is 1.39 bits per heavy atom. The first-order valence-corrected chi connectivity index (χ1v) is 8.22. The van der Waals surface area contributed by atoms with Crippen molar-refractivity contribution in [3.8, 4) is 0 Å². The van der Waals surface area contributed by atoms with Crippen molar-refractivity contribution < 1.29 is 13.5 Å². The molecule has 0 saturated heterocycles. The molecule has 1 aromatic rings. The molecule has 0 saturated carbocycles. The maximum Gasteiger partial charge on any atom is 0.150 e. The quantitative estimate of drug-likeness (QED) is 0.838. The summed E-state index contributed by atoms with van der Waals surface area (Å²) in [5.74, 6) is 0.252. The minimum absolute atomic E-state index is 0.00819. The Hall–Kier alpha value is -0.580. The van der Waals surface area contributed by atoms with Crippen LogP contribution in [0.25, 0.3) is 0 Å². The number of aliphatic hydroxyl groups is 1. The molecule has 18 heavy (non-hydrogen) atoms. The smallest absolute Gasteiger partial charge is 0.150 e. The van der Waals surface area contributed by atoms with Crippen LogP contribution in [0.15, 0.2) is 24.3 Å². The molecule has 5 heteroatoms. The van der Waals surface area contributed by atoms with Crippen LogP contribution >= 0.6 is 11.6 Å². The van der Waals surface area contributed by atoms with Crippen LogP contribution in [0, 0.1) is 5.92 Å². The van der Waals surface area contributed by atoms with Gasteiger partial charge < -0.3 is 5.11 Å². The molecular weight excluding hydrogens is 272 g/mol. The number of hydrogen-bond donors (Lipinski definition) is 1. The van der Waals surface area contributed by atoms with Gasteiger partial charge in [-0.3, -0.25) is 0 Å². The molecule has 1 rings (SSSR count). The van der Waals surface area contributed by atoms with E-state index < -0.39 is 9.84 Å². The zero-order valence-corrected chi connectivity index (χ0v) is 12.0. The van der Waals surface area contributed by atoms with Crippen molar-refractivity contribution in [3.63, 3.8) is 0 Å². The highest BCUT2D eigenvalue weighted by Crippen LogP contribution is 2.17. The highest BCUT2D eigenvalue weighted by atomic mass is 35.5. The van der Waals surface area contributed by atoms with Crippen LogP contribution in [0.1, 0.15) is 18.9 Å². The largest absolute Gasteiger partial charge is 0.396 e. The number of halogens is 1. The lowest BCUT2D eigenvalue weighted by molar-refractivity contribution is 0.222. The fraction of sp³-hybridized carbons (Fsp3) is 0.538. The molecule has 0 aliphatic heterocycles. The maximum atomic E-state index is 11.4. The minimum Gasteiger partial charge on any atom is -0.396 e. The summed E-state index contributed by atoms with van der Waals surface area (Å²) in [5, 5.41) is 9.96. The van der Waals surface area contributed by atoms with E-state index in [1.165, 1.54) is 0 Å². The summed E-state index contributed by atoms with van der Waals surface area (Å²) in [6, 6.07) is 7.43. The van der Waals surface area contributed by atoms with Crippen molar-refractivity contribution in [2.75, 3.05) is 18.1 Å². The van der Waals surface area contributed by atoms with E-state index in [0.717, 1.165) is 5.56 Å². The first-order valence-electron chi connectivity index (χ1n) is 6.02. The zero-order chi connectivity index (χ0) is 13.6. The van der Waals surface area contributed by atoms with Crippen LogP contribution in [0.3, 0.4) is 0 Å². The lowest BCUT2D eigenvalue weighted by Crippen LogP contribution is -2.17. The van der Waals surface area contributed by atoms with Crippen molar-refractivity contribution >= 4 is 21.4 Å². The van der Waals surface area contributed by atoms with Gasteiger partial charge in [-0.05, 0) is 36.5 Å². The summed E-state index contributed by atoms with van der Waals surface area (Å²) < 4.78 is 22.8. The number of benzene rings is 1. The van der Waals surface area contributed by atoms with Crippen LogP contribution in [0.2, 0.25) is 5.02 Å². The SMILES string of the molecule is CCS(=O)(=O)CCC(CO)Cc1cccc(Cl)c1. The lowest BCUT2D eigenvalue weighted by atomic mass is 9.98. The van der Waals surface area contributed by atoms with E-state index in [0.29, 0.717) is 17.9 Å². The fourth-order valence-corrected chi connectivity index (χ4v) is 2.94. The monoisotopic (exact) mass is 290 g/mol. The van der Waals surface area contributed by atoms with Gasteiger partial charge in [0.25, 0.3) is 0 Å². The molecule has 0 heterocycles. The third kappa shape index (κ3) is 5.38. The molecule has 3 nitrogen and oxygen atoms in total. The summed E-state index contributed by atoms with van der Waals surface area (Å²) in [7, 11) is -2.96. The predicted octanol–water partition coefficient (Wildman–Crippen LogP) is 2.32. The summed E-state index contributed by atoms with van der Waals surface area (Å²) >= 11 is 5.89. The summed E-state index contributed by atoms with van der Waals surface area (Å²) in [6.45, 7) is 1.63. The number of rotatable bonds is 7. The number of aliphatic hydroxyl groups excluding tert-OH is 1. The summed E-state index contributed by atoms with van der Waals surface area (Å²) in [4.78, 5) is 0. The molecule has 1 unspecified atom stereocenters. The van der Waals surface area contributed by atoms with Gasteiger partial charge in [0.15, 0.2) is 0 Å². The van der Waals surface area contributed by atoms with Crippen LogP contribution in [-0.2, 0) is 16.3 Å². The van der Waals surface area contributed by atoms with Gasteiger partial charge in [-0.2, -0.15) is 0 Å². The Labute approximate surface area is 114 Å². The maximum absolute atomic E-state index is 11.4. The summed E-state index contributed by atoms with van der Waals surface area (Å²) in [5.41, 5.74) is 1.02. The Kier molecular flexibility index (Phi) is 6.12. The van der Waals surface area contributed by atoms with Crippen molar-refractivity contribution in [1.82, 2.24) is 0 Å². The Morgan fingerprint density at radius 3 is 2.67 bits per heavy atom. The molecule has 0 fully saturated rings. The Bertz CT molecular complexity index is 471. The molecule has 0 aromatic heterocycles. The van der Waals surface area contributed by atoms with Crippen LogP contribution in [0.5, 0.6) is 0 Å². The standard InChI is InChI=1S/C13H19ClO3S/c1-2-18(16,17)7-6-12(10-15)8-11-4-3-5-13(14)9-11/h3-5,9,12,15H,2,6-8,10H2,1H3.